The summed E-state index contributed by atoms with van der Waals surface area (Å²) < 4.78 is 1.71. The van der Waals surface area contributed by atoms with Crippen LogP contribution in [0.25, 0.3) is 5.69 Å². The normalized spacial score (nSPS) is 13.9. The highest BCUT2D eigenvalue weighted by Gasteiger charge is 2.22. The van der Waals surface area contributed by atoms with Crippen LogP contribution in [0.1, 0.15) is 31.0 Å². The number of nitrogens with one attached hydrogen (secondary N) is 1. The molecule has 3 aromatic rings. The molecule has 0 bridgehead atoms. The van der Waals surface area contributed by atoms with E-state index in [1.54, 1.807) is 22.8 Å². The van der Waals surface area contributed by atoms with Crippen LogP contribution in [0.2, 0.25) is 0 Å². The van der Waals surface area contributed by atoms with Gasteiger partial charge < -0.3 is 10.2 Å². The van der Waals surface area contributed by atoms with E-state index in [0.717, 1.165) is 34.6 Å². The molecule has 0 aliphatic carbocycles. The van der Waals surface area contributed by atoms with Crippen LogP contribution in [0.15, 0.2) is 55.1 Å². The van der Waals surface area contributed by atoms with E-state index >= 15 is 0 Å². The molecule has 8 heteroatoms. The predicted molar refractivity (Wildman–Crippen MR) is 119 cm³/mol. The van der Waals surface area contributed by atoms with Crippen LogP contribution >= 0.6 is 0 Å². The maximum absolute atomic E-state index is 12.6. The molecule has 160 valence electrons. The summed E-state index contributed by atoms with van der Waals surface area (Å²) in [5, 5.41) is 7.11. The molecular formula is C23H26N6O2. The van der Waals surface area contributed by atoms with E-state index < -0.39 is 0 Å². The van der Waals surface area contributed by atoms with Gasteiger partial charge in [-0.15, -0.1) is 0 Å². The molecule has 1 aliphatic rings. The topological polar surface area (TPSA) is 83.4 Å². The second kappa shape index (κ2) is 8.69. The van der Waals surface area contributed by atoms with Crippen LogP contribution < -0.4 is 10.2 Å². The fourth-order valence-corrected chi connectivity index (χ4v) is 3.87. The molecule has 1 aromatic heterocycles. The van der Waals surface area contributed by atoms with Crippen molar-refractivity contribution in [1.82, 2.24) is 19.7 Å². The van der Waals surface area contributed by atoms with Gasteiger partial charge in [-0.3, -0.25) is 14.5 Å². The van der Waals surface area contributed by atoms with Crippen molar-refractivity contribution in [1.29, 1.82) is 0 Å². The summed E-state index contributed by atoms with van der Waals surface area (Å²) in [6.07, 6.45) is 3.97. The molecule has 2 aromatic carbocycles. The zero-order valence-electron chi connectivity index (χ0n) is 17.9. The Balaban J connectivity index is 1.36. The lowest BCUT2D eigenvalue weighted by atomic mass is 10.1. The van der Waals surface area contributed by atoms with Crippen molar-refractivity contribution in [2.75, 3.05) is 30.4 Å². The monoisotopic (exact) mass is 418 g/mol. The predicted octanol–water partition coefficient (Wildman–Crippen LogP) is 2.81. The van der Waals surface area contributed by atoms with Crippen LogP contribution in [0.4, 0.5) is 11.4 Å². The number of fused-ring (bicyclic) bond motifs is 1. The van der Waals surface area contributed by atoms with Crippen molar-refractivity contribution in [3.63, 3.8) is 0 Å². The van der Waals surface area contributed by atoms with E-state index in [1.807, 2.05) is 54.4 Å². The minimum absolute atomic E-state index is 0.0421. The molecule has 0 saturated heterocycles. The first-order chi connectivity index (χ1) is 14.9. The lowest BCUT2D eigenvalue weighted by Gasteiger charge is -2.24. The fourth-order valence-electron chi connectivity index (χ4n) is 3.87. The first-order valence-corrected chi connectivity index (χ1v) is 10.3. The smallest absolute Gasteiger partial charge is 0.238 e. The first-order valence-electron chi connectivity index (χ1n) is 10.3. The zero-order valence-corrected chi connectivity index (χ0v) is 17.9. The summed E-state index contributed by atoms with van der Waals surface area (Å²) in [6, 6.07) is 13.8. The number of likely N-dealkylation sites (N-methyl/N-ethyl adjacent to an activating group) is 1. The second-order valence-electron chi connectivity index (χ2n) is 7.83. The molecule has 2 amide bonds. The lowest BCUT2D eigenvalue weighted by Crippen LogP contribution is -2.32. The number of carbonyl (C=O) groups excluding carboxylic acids is 2. The number of rotatable bonds is 6. The van der Waals surface area contributed by atoms with Gasteiger partial charge in [0.1, 0.15) is 12.7 Å². The molecule has 1 N–H and O–H groups in total. The molecule has 31 heavy (non-hydrogen) atoms. The molecule has 1 atom stereocenters. The van der Waals surface area contributed by atoms with Crippen LogP contribution in [0.5, 0.6) is 0 Å². The molecule has 0 saturated carbocycles. The van der Waals surface area contributed by atoms with Crippen molar-refractivity contribution in [3.8, 4) is 5.69 Å². The summed E-state index contributed by atoms with van der Waals surface area (Å²) in [7, 11) is 1.93. The highest BCUT2D eigenvalue weighted by Crippen LogP contribution is 2.30. The molecule has 0 unspecified atom stereocenters. The van der Waals surface area contributed by atoms with Gasteiger partial charge in [-0.2, -0.15) is 5.10 Å². The Morgan fingerprint density at radius 2 is 1.97 bits per heavy atom. The fraction of sp³-hybridized carbons (Fsp3) is 0.304. The standard InChI is InChI=1S/C23H26N6O2/c1-16(18-4-7-21(8-5-18)29-15-24-14-25-29)27(3)13-23(31)26-20-6-9-22-19(12-20)10-11-28(22)17(2)30/h4-9,12,14-16H,10-11,13H2,1-3H3,(H,26,31)/t16-/m0/s1. The first kappa shape index (κ1) is 20.7. The Hall–Kier alpha value is -3.52. The number of carbonyl (C=O) groups is 2. The third kappa shape index (κ3) is 4.49. The van der Waals surface area contributed by atoms with Crippen LogP contribution in [-0.2, 0) is 16.0 Å². The number of anilines is 2. The number of nitrogens with zero attached hydrogens (tertiary/aromatic N) is 5. The maximum Gasteiger partial charge on any atom is 0.238 e. The van der Waals surface area contributed by atoms with Crippen molar-refractivity contribution in [3.05, 3.63) is 66.2 Å². The molecule has 0 spiro atoms. The molecule has 1 aliphatic heterocycles. The number of hydrogen-bond donors (Lipinski definition) is 1. The number of hydrogen-bond acceptors (Lipinski definition) is 5. The largest absolute Gasteiger partial charge is 0.325 e. The van der Waals surface area contributed by atoms with Gasteiger partial charge in [-0.25, -0.2) is 9.67 Å². The minimum atomic E-state index is -0.0741. The van der Waals surface area contributed by atoms with E-state index in [4.69, 9.17) is 0 Å². The van der Waals surface area contributed by atoms with E-state index in [0.29, 0.717) is 6.54 Å². The Kier molecular flexibility index (Phi) is 5.81. The third-order valence-electron chi connectivity index (χ3n) is 5.75. The zero-order chi connectivity index (χ0) is 22.0. The van der Waals surface area contributed by atoms with Gasteiger partial charge in [0.25, 0.3) is 0 Å². The average molecular weight is 419 g/mol. The summed E-state index contributed by atoms with van der Waals surface area (Å²) >= 11 is 0. The van der Waals surface area contributed by atoms with Gasteiger partial charge in [-0.1, -0.05) is 12.1 Å². The summed E-state index contributed by atoms with van der Waals surface area (Å²) in [4.78, 5) is 32.0. The maximum atomic E-state index is 12.6. The highest BCUT2D eigenvalue weighted by molar-refractivity contribution is 5.96. The van der Waals surface area contributed by atoms with Gasteiger partial charge >= 0.3 is 0 Å². The van der Waals surface area contributed by atoms with Crippen LogP contribution in [0, 0.1) is 0 Å². The third-order valence-corrected chi connectivity index (χ3v) is 5.75. The van der Waals surface area contributed by atoms with Gasteiger partial charge in [0.05, 0.1) is 12.2 Å². The van der Waals surface area contributed by atoms with Gasteiger partial charge in [0.2, 0.25) is 11.8 Å². The molecule has 8 nitrogen and oxygen atoms in total. The van der Waals surface area contributed by atoms with Crippen molar-refractivity contribution in [2.45, 2.75) is 26.3 Å². The van der Waals surface area contributed by atoms with Crippen molar-refractivity contribution >= 4 is 23.2 Å². The molecule has 0 radical (unpaired) electrons. The number of amides is 2. The second-order valence-corrected chi connectivity index (χ2v) is 7.83. The van der Waals surface area contributed by atoms with Crippen LogP contribution in [-0.4, -0.2) is 51.6 Å². The van der Waals surface area contributed by atoms with E-state index in [9.17, 15) is 9.59 Å². The van der Waals surface area contributed by atoms with E-state index in [2.05, 4.69) is 22.3 Å². The Morgan fingerprint density at radius 1 is 1.19 bits per heavy atom. The number of benzene rings is 2. The van der Waals surface area contributed by atoms with Gasteiger partial charge in [0, 0.05) is 30.9 Å². The van der Waals surface area contributed by atoms with E-state index in [-0.39, 0.29) is 24.4 Å². The van der Waals surface area contributed by atoms with E-state index in [1.165, 1.54) is 6.33 Å². The molecule has 2 heterocycles. The molecule has 0 fully saturated rings. The summed E-state index contributed by atoms with van der Waals surface area (Å²) in [5.41, 5.74) is 4.83. The van der Waals surface area contributed by atoms with Crippen LogP contribution in [0.3, 0.4) is 0 Å². The van der Waals surface area contributed by atoms with Crippen molar-refractivity contribution < 1.29 is 9.59 Å². The Labute approximate surface area is 181 Å². The summed E-state index contributed by atoms with van der Waals surface area (Å²) in [5.74, 6) is -0.0320. The minimum Gasteiger partial charge on any atom is -0.325 e. The molecule has 4 rings (SSSR count). The molecular weight excluding hydrogens is 392 g/mol. The van der Waals surface area contributed by atoms with Gasteiger partial charge in [-0.05, 0) is 61.9 Å². The summed E-state index contributed by atoms with van der Waals surface area (Å²) in [6.45, 7) is 4.61. The number of aromatic nitrogens is 3. The lowest BCUT2D eigenvalue weighted by molar-refractivity contribution is -0.117. The SMILES string of the molecule is CC(=O)N1CCc2cc(NC(=O)CN(C)[C@@H](C)c3ccc(-n4cncn4)cc3)ccc21. The van der Waals surface area contributed by atoms with Crippen molar-refractivity contribution in [2.24, 2.45) is 0 Å². The quantitative estimate of drug-likeness (QED) is 0.666. The Bertz CT molecular complexity index is 1080. The van der Waals surface area contributed by atoms with Gasteiger partial charge in [0.15, 0.2) is 0 Å². The Morgan fingerprint density at radius 3 is 2.65 bits per heavy atom. The average Bonchev–Trinajstić information content (AvgIpc) is 3.43. The highest BCUT2D eigenvalue weighted by atomic mass is 16.2.